The van der Waals surface area contributed by atoms with Gasteiger partial charge in [0.25, 0.3) is 5.56 Å². The Balaban J connectivity index is 2.41. The van der Waals surface area contributed by atoms with Crippen molar-refractivity contribution in [2.45, 2.75) is 38.3 Å². The van der Waals surface area contributed by atoms with E-state index in [0.717, 1.165) is 0 Å². The lowest BCUT2D eigenvalue weighted by molar-refractivity contribution is -0.0701. The van der Waals surface area contributed by atoms with Crippen LogP contribution in [0.5, 0.6) is 0 Å². The Kier molecular flexibility index (Phi) is 3.14. The number of H-pyrrole nitrogens is 1. The summed E-state index contributed by atoms with van der Waals surface area (Å²) in [5.74, 6) is 0. The number of hydrogen-bond donors (Lipinski definition) is 1. The summed E-state index contributed by atoms with van der Waals surface area (Å²) >= 11 is 5.62. The third-order valence-corrected chi connectivity index (χ3v) is 3.17. The summed E-state index contributed by atoms with van der Waals surface area (Å²) in [5.41, 5.74) is -1.12. The minimum Gasteiger partial charge on any atom is -0.375 e. The number of nitrogens with zero attached hydrogens (tertiary/aromatic N) is 1. The minimum atomic E-state index is -0.454. The van der Waals surface area contributed by atoms with Gasteiger partial charge in [-0.15, -0.1) is 0 Å². The molecule has 0 bridgehead atoms. The van der Waals surface area contributed by atoms with Crippen molar-refractivity contribution < 1.29 is 4.74 Å². The number of aromatic nitrogens is 2. The van der Waals surface area contributed by atoms with Gasteiger partial charge in [-0.05, 0) is 26.7 Å². The third kappa shape index (κ3) is 2.61. The molecule has 94 valence electrons. The highest BCUT2D eigenvalue weighted by Crippen LogP contribution is 2.30. The zero-order valence-electron chi connectivity index (χ0n) is 9.83. The first kappa shape index (κ1) is 12.4. The number of ether oxygens (including phenoxy) is 1. The van der Waals surface area contributed by atoms with E-state index in [0.29, 0.717) is 19.4 Å². The fourth-order valence-corrected chi connectivity index (χ4v) is 2.42. The van der Waals surface area contributed by atoms with E-state index < -0.39 is 5.69 Å². The van der Waals surface area contributed by atoms with E-state index in [4.69, 9.17) is 16.3 Å². The highest BCUT2D eigenvalue weighted by Gasteiger charge is 2.31. The van der Waals surface area contributed by atoms with Crippen molar-refractivity contribution >= 4 is 11.6 Å². The Morgan fingerprint density at radius 3 is 2.82 bits per heavy atom. The zero-order valence-corrected chi connectivity index (χ0v) is 10.6. The summed E-state index contributed by atoms with van der Waals surface area (Å²) in [6.07, 6.45) is 1.30. The summed E-state index contributed by atoms with van der Waals surface area (Å²) in [4.78, 5) is 26.0. The van der Waals surface area contributed by atoms with Gasteiger partial charge in [-0.1, -0.05) is 11.6 Å². The van der Waals surface area contributed by atoms with E-state index in [1.807, 2.05) is 13.8 Å². The number of halogens is 1. The average Bonchev–Trinajstić information content (AvgIpc) is 2.13. The first-order valence-electron chi connectivity index (χ1n) is 5.54. The quantitative estimate of drug-likeness (QED) is 0.773. The molecule has 1 aliphatic rings. The molecule has 0 aliphatic carbocycles. The molecule has 1 aromatic heterocycles. The largest absolute Gasteiger partial charge is 0.375 e. The number of hydrogen-bond acceptors (Lipinski definition) is 3. The Labute approximate surface area is 103 Å². The van der Waals surface area contributed by atoms with Crippen molar-refractivity contribution in [2.24, 2.45) is 0 Å². The van der Waals surface area contributed by atoms with Crippen LogP contribution in [0, 0.1) is 0 Å². The molecule has 1 N–H and O–H groups in total. The Bertz CT molecular complexity index is 501. The molecule has 1 aromatic rings. The maximum absolute atomic E-state index is 11.8. The monoisotopic (exact) mass is 258 g/mol. The van der Waals surface area contributed by atoms with Crippen LogP contribution >= 0.6 is 11.6 Å². The maximum Gasteiger partial charge on any atom is 0.329 e. The Morgan fingerprint density at radius 1 is 1.53 bits per heavy atom. The molecule has 0 spiro atoms. The van der Waals surface area contributed by atoms with Crippen LogP contribution < -0.4 is 11.2 Å². The zero-order chi connectivity index (χ0) is 12.6. The van der Waals surface area contributed by atoms with Crippen LogP contribution in [-0.4, -0.2) is 21.8 Å². The van der Waals surface area contributed by atoms with Crippen LogP contribution in [0.4, 0.5) is 0 Å². The van der Waals surface area contributed by atoms with Crippen molar-refractivity contribution in [2.75, 3.05) is 6.61 Å². The SMILES string of the molecule is CC1(C)CC(n2c(=O)cc(Cl)[nH]c2=O)CCO1. The summed E-state index contributed by atoms with van der Waals surface area (Å²) in [7, 11) is 0. The first-order chi connectivity index (χ1) is 7.89. The van der Waals surface area contributed by atoms with Crippen LogP contribution in [0.3, 0.4) is 0 Å². The van der Waals surface area contributed by atoms with E-state index in [1.54, 1.807) is 0 Å². The average molecular weight is 259 g/mol. The minimum absolute atomic E-state index is 0.0718. The summed E-state index contributed by atoms with van der Waals surface area (Å²) in [6, 6.07) is 1.10. The van der Waals surface area contributed by atoms with Gasteiger partial charge < -0.3 is 4.74 Å². The van der Waals surface area contributed by atoms with E-state index in [2.05, 4.69) is 4.98 Å². The predicted molar refractivity (Wildman–Crippen MR) is 64.6 cm³/mol. The van der Waals surface area contributed by atoms with E-state index in [-0.39, 0.29) is 22.4 Å². The standard InChI is InChI=1S/C11H15ClN2O3/c1-11(2)6-7(3-4-17-11)14-9(15)5-8(12)13-10(14)16/h5,7H,3-4,6H2,1-2H3,(H,13,16). The van der Waals surface area contributed by atoms with E-state index >= 15 is 0 Å². The molecular weight excluding hydrogens is 244 g/mol. The topological polar surface area (TPSA) is 64.1 Å². The number of rotatable bonds is 1. The fraction of sp³-hybridized carbons (Fsp3) is 0.636. The summed E-state index contributed by atoms with van der Waals surface area (Å²) in [6.45, 7) is 4.45. The molecule has 6 heteroatoms. The second-order valence-corrected chi connectivity index (χ2v) is 5.29. The smallest absolute Gasteiger partial charge is 0.329 e. The molecule has 1 aliphatic heterocycles. The van der Waals surface area contributed by atoms with Gasteiger partial charge in [0.15, 0.2) is 0 Å². The van der Waals surface area contributed by atoms with Crippen LogP contribution in [0.15, 0.2) is 15.7 Å². The lowest BCUT2D eigenvalue weighted by Gasteiger charge is -2.35. The van der Waals surface area contributed by atoms with Gasteiger partial charge >= 0.3 is 5.69 Å². The van der Waals surface area contributed by atoms with Gasteiger partial charge in [0.1, 0.15) is 5.15 Å². The van der Waals surface area contributed by atoms with Crippen LogP contribution in [-0.2, 0) is 4.74 Å². The third-order valence-electron chi connectivity index (χ3n) is 2.97. The molecular formula is C11H15ClN2O3. The van der Waals surface area contributed by atoms with Crippen molar-refractivity contribution in [1.82, 2.24) is 9.55 Å². The molecule has 17 heavy (non-hydrogen) atoms. The van der Waals surface area contributed by atoms with Gasteiger partial charge in [-0.3, -0.25) is 14.3 Å². The second-order valence-electron chi connectivity index (χ2n) is 4.89. The number of aromatic amines is 1. The Hall–Kier alpha value is -1.07. The molecule has 2 heterocycles. The molecule has 0 radical (unpaired) electrons. The molecule has 1 fully saturated rings. The van der Waals surface area contributed by atoms with E-state index in [9.17, 15) is 9.59 Å². The molecule has 1 atom stereocenters. The van der Waals surface area contributed by atoms with Crippen LogP contribution in [0.25, 0.3) is 0 Å². The lowest BCUT2D eigenvalue weighted by Crippen LogP contribution is -2.44. The lowest BCUT2D eigenvalue weighted by atomic mass is 9.94. The molecule has 2 rings (SSSR count). The number of nitrogens with one attached hydrogen (secondary N) is 1. The molecule has 1 unspecified atom stereocenters. The van der Waals surface area contributed by atoms with Crippen LogP contribution in [0.2, 0.25) is 5.15 Å². The molecule has 5 nitrogen and oxygen atoms in total. The predicted octanol–water partition coefficient (Wildman–Crippen LogP) is 1.32. The molecule has 1 saturated heterocycles. The normalized spacial score (nSPS) is 23.6. The highest BCUT2D eigenvalue weighted by atomic mass is 35.5. The van der Waals surface area contributed by atoms with E-state index in [1.165, 1.54) is 10.6 Å². The second kappa shape index (κ2) is 4.31. The van der Waals surface area contributed by atoms with Crippen molar-refractivity contribution in [3.05, 3.63) is 32.1 Å². The van der Waals surface area contributed by atoms with Gasteiger partial charge in [-0.2, -0.15) is 0 Å². The molecule has 0 amide bonds. The van der Waals surface area contributed by atoms with Gasteiger partial charge in [0, 0.05) is 18.7 Å². The van der Waals surface area contributed by atoms with Gasteiger partial charge in [-0.25, -0.2) is 4.79 Å². The summed E-state index contributed by atoms with van der Waals surface area (Å²) in [5, 5.41) is 0.0718. The van der Waals surface area contributed by atoms with Crippen LogP contribution in [0.1, 0.15) is 32.7 Å². The van der Waals surface area contributed by atoms with Crippen molar-refractivity contribution in [1.29, 1.82) is 0 Å². The van der Waals surface area contributed by atoms with Gasteiger partial charge in [0.2, 0.25) is 0 Å². The van der Waals surface area contributed by atoms with Crippen molar-refractivity contribution in [3.63, 3.8) is 0 Å². The maximum atomic E-state index is 11.8. The molecule has 0 saturated carbocycles. The van der Waals surface area contributed by atoms with Gasteiger partial charge in [0.05, 0.1) is 5.60 Å². The van der Waals surface area contributed by atoms with Crippen molar-refractivity contribution in [3.8, 4) is 0 Å². The Morgan fingerprint density at radius 2 is 2.24 bits per heavy atom. The highest BCUT2D eigenvalue weighted by molar-refractivity contribution is 6.29. The fourth-order valence-electron chi connectivity index (χ4n) is 2.24. The molecule has 0 aromatic carbocycles. The summed E-state index contributed by atoms with van der Waals surface area (Å²) < 4.78 is 6.80. The first-order valence-corrected chi connectivity index (χ1v) is 5.92.